The third-order valence-corrected chi connectivity index (χ3v) is 7.04. The number of carbonyl (C=O) groups excluding carboxylic acids is 1. The summed E-state index contributed by atoms with van der Waals surface area (Å²) in [5, 5.41) is 1.71. The third kappa shape index (κ3) is 4.05. The summed E-state index contributed by atoms with van der Waals surface area (Å²) in [5.41, 5.74) is -0.155. The molecule has 11 heteroatoms. The van der Waals surface area contributed by atoms with Crippen LogP contribution in [0.1, 0.15) is 10.5 Å². The first-order chi connectivity index (χ1) is 18.5. The molecule has 6 rings (SSSR count). The van der Waals surface area contributed by atoms with Crippen LogP contribution in [0, 0.1) is 0 Å². The lowest BCUT2D eigenvalue weighted by molar-refractivity contribution is 0.0593. The Hall–Kier alpha value is -4.67. The second-order valence-corrected chi connectivity index (χ2v) is 9.45. The van der Waals surface area contributed by atoms with Crippen molar-refractivity contribution < 1.29 is 14.3 Å². The van der Waals surface area contributed by atoms with Crippen molar-refractivity contribution in [2.45, 2.75) is 0 Å². The van der Waals surface area contributed by atoms with E-state index in [-0.39, 0.29) is 23.2 Å². The van der Waals surface area contributed by atoms with Crippen LogP contribution in [0.4, 0.5) is 0 Å². The van der Waals surface area contributed by atoms with Crippen LogP contribution in [0.25, 0.3) is 37.5 Å². The van der Waals surface area contributed by atoms with Crippen molar-refractivity contribution in [3.05, 3.63) is 100 Å². The van der Waals surface area contributed by atoms with E-state index < -0.39 is 11.5 Å². The van der Waals surface area contributed by atoms with Crippen LogP contribution < -0.4 is 10.3 Å². The van der Waals surface area contributed by atoms with E-state index >= 15 is 0 Å². The molecule has 0 bridgehead atoms. The largest absolute Gasteiger partial charge is 0.464 e. The number of methoxy groups -OCH3 is 1. The lowest BCUT2D eigenvalue weighted by Crippen LogP contribution is -2.25. The molecule has 38 heavy (non-hydrogen) atoms. The van der Waals surface area contributed by atoms with Crippen molar-refractivity contribution in [3.63, 3.8) is 0 Å². The highest BCUT2D eigenvalue weighted by Crippen LogP contribution is 2.36. The van der Waals surface area contributed by atoms with Gasteiger partial charge in [-0.05, 0) is 42.5 Å². The molecule has 0 spiro atoms. The maximum absolute atomic E-state index is 14.2. The summed E-state index contributed by atoms with van der Waals surface area (Å²) in [5.74, 6) is 0.0903. The van der Waals surface area contributed by atoms with Crippen LogP contribution >= 0.6 is 22.9 Å². The number of carbonyl (C=O) groups is 1. The topological polar surface area (TPSA) is 109 Å². The smallest absolute Gasteiger partial charge is 0.360 e. The van der Waals surface area contributed by atoms with Gasteiger partial charge in [-0.25, -0.2) is 29.3 Å². The molecule has 4 aromatic heterocycles. The van der Waals surface area contributed by atoms with E-state index in [9.17, 15) is 9.59 Å². The van der Waals surface area contributed by atoms with Gasteiger partial charge in [0.2, 0.25) is 5.88 Å². The van der Waals surface area contributed by atoms with E-state index in [0.29, 0.717) is 26.6 Å². The fourth-order valence-corrected chi connectivity index (χ4v) is 5.23. The summed E-state index contributed by atoms with van der Waals surface area (Å²) in [6.07, 6.45) is 4.31. The minimum atomic E-state index is -0.745. The second kappa shape index (κ2) is 9.66. The zero-order chi connectivity index (χ0) is 26.2. The second-order valence-electron chi connectivity index (χ2n) is 7.99. The van der Waals surface area contributed by atoms with Crippen molar-refractivity contribution >= 4 is 49.2 Å². The van der Waals surface area contributed by atoms with Gasteiger partial charge < -0.3 is 9.47 Å². The summed E-state index contributed by atoms with van der Waals surface area (Å²) < 4.78 is 13.1. The number of rotatable bonds is 5. The first-order valence-corrected chi connectivity index (χ1v) is 12.5. The van der Waals surface area contributed by atoms with Crippen LogP contribution in [0.15, 0.2) is 84.0 Å². The van der Waals surface area contributed by atoms with Crippen molar-refractivity contribution in [1.29, 1.82) is 0 Å². The zero-order valence-corrected chi connectivity index (χ0v) is 21.2. The van der Waals surface area contributed by atoms with Gasteiger partial charge in [-0.15, -0.1) is 11.3 Å². The number of nitrogens with zero attached hydrogens (tertiary/aromatic N) is 5. The van der Waals surface area contributed by atoms with Crippen LogP contribution in [0.5, 0.6) is 11.6 Å². The predicted molar refractivity (Wildman–Crippen MR) is 144 cm³/mol. The van der Waals surface area contributed by atoms with E-state index in [2.05, 4.69) is 15.0 Å². The molecule has 0 aliphatic carbocycles. The maximum Gasteiger partial charge on any atom is 0.360 e. The lowest BCUT2D eigenvalue weighted by atomic mass is 10.2. The van der Waals surface area contributed by atoms with Gasteiger partial charge in [0.1, 0.15) is 10.6 Å². The van der Waals surface area contributed by atoms with Crippen LogP contribution in [0.3, 0.4) is 0 Å². The van der Waals surface area contributed by atoms with Crippen LogP contribution in [-0.4, -0.2) is 37.6 Å². The highest BCUT2D eigenvalue weighted by Gasteiger charge is 2.26. The van der Waals surface area contributed by atoms with Gasteiger partial charge in [0, 0.05) is 33.7 Å². The van der Waals surface area contributed by atoms with Crippen molar-refractivity contribution in [1.82, 2.24) is 24.5 Å². The average Bonchev–Trinajstić information content (AvgIpc) is 3.33. The standard InChI is InChI=1S/C27H16ClN5O4S/c1-36-27(35)21-23(30-14-13-29-21)33-22(32-25-20(26(33)34)17-5-2-3-7-19(17)38-25)18-6-4-12-31-24(18)37-16-10-8-15(28)9-11-16/h2-14H,1H3. The molecular formula is C27H16ClN5O4S. The molecule has 6 aromatic rings. The molecule has 2 aromatic carbocycles. The third-order valence-electron chi connectivity index (χ3n) is 5.72. The Bertz CT molecular complexity index is 1900. The lowest BCUT2D eigenvalue weighted by Gasteiger charge is -2.15. The predicted octanol–water partition coefficient (Wildman–Crippen LogP) is 5.68. The number of benzene rings is 2. The number of halogens is 1. The molecule has 0 saturated carbocycles. The Kier molecular flexibility index (Phi) is 6.02. The zero-order valence-electron chi connectivity index (χ0n) is 19.7. The molecule has 9 nitrogen and oxygen atoms in total. The molecule has 0 atom stereocenters. The summed E-state index contributed by atoms with van der Waals surface area (Å²) in [6, 6.07) is 17.8. The molecule has 0 fully saturated rings. The number of esters is 1. The Morgan fingerprint density at radius 3 is 2.55 bits per heavy atom. The van der Waals surface area contributed by atoms with E-state index in [1.165, 1.54) is 35.4 Å². The average molecular weight is 542 g/mol. The number of fused-ring (bicyclic) bond motifs is 3. The van der Waals surface area contributed by atoms with Crippen molar-refractivity contribution in [2.24, 2.45) is 0 Å². The fourth-order valence-electron chi connectivity index (χ4n) is 4.04. The highest BCUT2D eigenvalue weighted by molar-refractivity contribution is 7.25. The first kappa shape index (κ1) is 23.7. The summed E-state index contributed by atoms with van der Waals surface area (Å²) in [4.78, 5) is 45.1. The number of hydrogen-bond acceptors (Lipinski definition) is 9. The first-order valence-electron chi connectivity index (χ1n) is 11.3. The Balaban J connectivity index is 1.68. The van der Waals surface area contributed by atoms with Crippen molar-refractivity contribution in [3.8, 4) is 28.8 Å². The van der Waals surface area contributed by atoms with Crippen LogP contribution in [-0.2, 0) is 4.74 Å². The molecule has 0 unspecified atom stereocenters. The van der Waals surface area contributed by atoms with Gasteiger partial charge in [0.25, 0.3) is 5.56 Å². The van der Waals surface area contributed by atoms with E-state index in [4.69, 9.17) is 26.1 Å². The Labute approximate surface area is 223 Å². The Morgan fingerprint density at radius 1 is 0.947 bits per heavy atom. The number of pyridine rings is 1. The molecule has 4 heterocycles. The number of hydrogen-bond donors (Lipinski definition) is 0. The molecule has 0 saturated heterocycles. The normalized spacial score (nSPS) is 11.1. The SMILES string of the molecule is COC(=O)c1nccnc1-n1c(-c2cccnc2Oc2ccc(Cl)cc2)nc2sc3ccccc3c2c1=O. The summed E-state index contributed by atoms with van der Waals surface area (Å²) >= 11 is 7.41. The van der Waals surface area contributed by atoms with Gasteiger partial charge in [-0.1, -0.05) is 29.8 Å². The molecular weight excluding hydrogens is 526 g/mol. The minimum absolute atomic E-state index is 0.0228. The van der Waals surface area contributed by atoms with Gasteiger partial charge in [-0.3, -0.25) is 4.79 Å². The molecule has 186 valence electrons. The Morgan fingerprint density at radius 2 is 1.74 bits per heavy atom. The van der Waals surface area contributed by atoms with E-state index in [1.807, 2.05) is 24.3 Å². The van der Waals surface area contributed by atoms with Crippen LogP contribution in [0.2, 0.25) is 5.02 Å². The highest BCUT2D eigenvalue weighted by atomic mass is 35.5. The monoisotopic (exact) mass is 541 g/mol. The number of ether oxygens (including phenoxy) is 2. The summed E-state index contributed by atoms with van der Waals surface area (Å²) in [6.45, 7) is 0. The van der Waals surface area contributed by atoms with Gasteiger partial charge in [-0.2, -0.15) is 0 Å². The fraction of sp³-hybridized carbons (Fsp3) is 0.0370. The van der Waals surface area contributed by atoms with Gasteiger partial charge >= 0.3 is 5.97 Å². The van der Waals surface area contributed by atoms with E-state index in [1.54, 1.807) is 42.6 Å². The quantitative estimate of drug-likeness (QED) is 0.256. The van der Waals surface area contributed by atoms with Gasteiger partial charge in [0.15, 0.2) is 17.3 Å². The molecule has 0 N–H and O–H groups in total. The molecule has 0 aliphatic heterocycles. The molecule has 0 radical (unpaired) electrons. The molecule has 0 aliphatic rings. The van der Waals surface area contributed by atoms with E-state index in [0.717, 1.165) is 10.1 Å². The molecule has 0 amide bonds. The number of aromatic nitrogens is 5. The number of thiophene rings is 1. The minimum Gasteiger partial charge on any atom is -0.464 e. The maximum atomic E-state index is 14.2. The van der Waals surface area contributed by atoms with Gasteiger partial charge in [0.05, 0.1) is 18.1 Å². The van der Waals surface area contributed by atoms with Crippen molar-refractivity contribution in [2.75, 3.05) is 7.11 Å². The summed E-state index contributed by atoms with van der Waals surface area (Å²) in [7, 11) is 1.23.